The third kappa shape index (κ3) is 20.5. The van der Waals surface area contributed by atoms with Crippen LogP contribution in [-0.2, 0) is 9.59 Å². The number of allylic oxidation sites excluding steroid dienone is 6. The largest absolute Gasteiger partial charge is 0.299 e. The molecule has 0 aliphatic rings. The maximum atomic E-state index is 11.2. The van der Waals surface area contributed by atoms with Gasteiger partial charge in [0.1, 0.15) is 6.29 Å². The Labute approximate surface area is 155 Å². The van der Waals surface area contributed by atoms with Crippen LogP contribution in [0.25, 0.3) is 0 Å². The maximum absolute atomic E-state index is 11.2. The predicted octanol–water partition coefficient (Wildman–Crippen LogP) is 6.90. The van der Waals surface area contributed by atoms with Gasteiger partial charge in [-0.25, -0.2) is 0 Å². The fourth-order valence-electron chi connectivity index (χ4n) is 2.72. The minimum Gasteiger partial charge on any atom is -0.299 e. The Morgan fingerprint density at radius 3 is 1.64 bits per heavy atom. The third-order valence-corrected chi connectivity index (χ3v) is 4.25. The number of carbonyl (C=O) groups is 2. The van der Waals surface area contributed by atoms with Crippen LogP contribution in [0.1, 0.15) is 96.8 Å². The van der Waals surface area contributed by atoms with E-state index < -0.39 is 0 Å². The van der Waals surface area contributed by atoms with Gasteiger partial charge in [-0.3, -0.25) is 9.59 Å². The lowest BCUT2D eigenvalue weighted by molar-refractivity contribution is -0.111. The molecule has 0 N–H and O–H groups in total. The van der Waals surface area contributed by atoms with E-state index in [1.807, 2.05) is 6.08 Å². The fraction of sp³-hybridized carbons (Fsp3) is 0.652. The molecule has 0 saturated carbocycles. The smallest absolute Gasteiger partial charge is 0.178 e. The molecule has 0 saturated heterocycles. The first-order valence-electron chi connectivity index (χ1n) is 10.3. The SMILES string of the molecule is CCCCCCCCC=CCCCCCCCC=CC(=O)C=CC=O. The number of hydrogen-bond acceptors (Lipinski definition) is 2. The molecule has 0 amide bonds. The summed E-state index contributed by atoms with van der Waals surface area (Å²) in [5, 5.41) is 0. The maximum Gasteiger partial charge on any atom is 0.178 e. The van der Waals surface area contributed by atoms with Gasteiger partial charge in [-0.05, 0) is 56.8 Å². The number of carbonyl (C=O) groups excluding carboxylic acids is 2. The lowest BCUT2D eigenvalue weighted by atomic mass is 10.1. The minimum absolute atomic E-state index is 0.111. The molecule has 0 aliphatic carbocycles. The number of hydrogen-bond donors (Lipinski definition) is 0. The molecule has 0 fully saturated rings. The molecule has 25 heavy (non-hydrogen) atoms. The second kappa shape index (κ2) is 20.6. The van der Waals surface area contributed by atoms with Gasteiger partial charge in [-0.2, -0.15) is 0 Å². The highest BCUT2D eigenvalue weighted by Gasteiger charge is 1.91. The van der Waals surface area contributed by atoms with Crippen molar-refractivity contribution in [2.75, 3.05) is 0 Å². The number of ketones is 1. The summed E-state index contributed by atoms with van der Waals surface area (Å²) in [5.74, 6) is -0.111. The van der Waals surface area contributed by atoms with Crippen molar-refractivity contribution in [1.29, 1.82) is 0 Å². The average molecular weight is 347 g/mol. The first kappa shape index (κ1) is 23.6. The molecule has 0 unspecified atom stereocenters. The van der Waals surface area contributed by atoms with Crippen molar-refractivity contribution in [2.45, 2.75) is 96.8 Å². The molecule has 0 aromatic rings. The van der Waals surface area contributed by atoms with E-state index >= 15 is 0 Å². The molecule has 0 rings (SSSR count). The highest BCUT2D eigenvalue weighted by Crippen LogP contribution is 2.10. The minimum atomic E-state index is -0.111. The highest BCUT2D eigenvalue weighted by molar-refractivity contribution is 6.00. The van der Waals surface area contributed by atoms with Crippen molar-refractivity contribution in [3.63, 3.8) is 0 Å². The fourth-order valence-corrected chi connectivity index (χ4v) is 2.72. The Kier molecular flexibility index (Phi) is 19.4. The Morgan fingerprint density at radius 1 is 0.640 bits per heavy atom. The molecule has 0 radical (unpaired) electrons. The van der Waals surface area contributed by atoms with Crippen LogP contribution in [0.2, 0.25) is 0 Å². The van der Waals surface area contributed by atoms with Gasteiger partial charge in [-0.1, -0.05) is 76.5 Å². The molecule has 0 heterocycles. The van der Waals surface area contributed by atoms with E-state index in [0.29, 0.717) is 6.29 Å². The van der Waals surface area contributed by atoms with Crippen LogP contribution < -0.4 is 0 Å². The number of unbranched alkanes of at least 4 members (excludes halogenated alkanes) is 12. The molecule has 2 heteroatoms. The van der Waals surface area contributed by atoms with Crippen molar-refractivity contribution in [2.24, 2.45) is 0 Å². The second-order valence-electron chi connectivity index (χ2n) is 6.67. The molecular formula is C23H38O2. The first-order valence-corrected chi connectivity index (χ1v) is 10.3. The summed E-state index contributed by atoms with van der Waals surface area (Å²) in [4.78, 5) is 21.3. The summed E-state index contributed by atoms with van der Waals surface area (Å²) in [6, 6.07) is 0. The van der Waals surface area contributed by atoms with Crippen molar-refractivity contribution < 1.29 is 9.59 Å². The topological polar surface area (TPSA) is 34.1 Å². The first-order chi connectivity index (χ1) is 12.3. The molecule has 142 valence electrons. The Bertz CT molecular complexity index is 391. The van der Waals surface area contributed by atoms with Crippen LogP contribution in [0, 0.1) is 0 Å². The normalized spacial score (nSPS) is 11.9. The van der Waals surface area contributed by atoms with E-state index in [1.54, 1.807) is 6.08 Å². The van der Waals surface area contributed by atoms with E-state index in [9.17, 15) is 9.59 Å². The van der Waals surface area contributed by atoms with Gasteiger partial charge in [0.05, 0.1) is 0 Å². The van der Waals surface area contributed by atoms with Crippen LogP contribution in [0.4, 0.5) is 0 Å². The molecule has 2 nitrogen and oxygen atoms in total. The zero-order valence-corrected chi connectivity index (χ0v) is 16.3. The van der Waals surface area contributed by atoms with E-state index in [4.69, 9.17) is 0 Å². The molecule has 0 aromatic heterocycles. The van der Waals surface area contributed by atoms with Gasteiger partial charge in [0.2, 0.25) is 0 Å². The predicted molar refractivity (Wildman–Crippen MR) is 109 cm³/mol. The van der Waals surface area contributed by atoms with Crippen LogP contribution >= 0.6 is 0 Å². The Balaban J connectivity index is 3.26. The monoisotopic (exact) mass is 346 g/mol. The second-order valence-corrected chi connectivity index (χ2v) is 6.67. The van der Waals surface area contributed by atoms with E-state index in [2.05, 4.69) is 19.1 Å². The zero-order chi connectivity index (χ0) is 18.4. The molecule has 0 spiro atoms. The van der Waals surface area contributed by atoms with E-state index in [-0.39, 0.29) is 5.78 Å². The quantitative estimate of drug-likeness (QED) is 0.117. The average Bonchev–Trinajstić information content (AvgIpc) is 2.62. The van der Waals surface area contributed by atoms with Crippen LogP contribution in [0.3, 0.4) is 0 Å². The Hall–Kier alpha value is -1.44. The lowest BCUT2D eigenvalue weighted by Crippen LogP contribution is -1.85. The summed E-state index contributed by atoms with van der Waals surface area (Å²) in [5.41, 5.74) is 0. The molecule has 0 aromatic carbocycles. The lowest BCUT2D eigenvalue weighted by Gasteiger charge is -1.99. The van der Waals surface area contributed by atoms with Gasteiger partial charge in [0.25, 0.3) is 0 Å². The van der Waals surface area contributed by atoms with Gasteiger partial charge in [-0.15, -0.1) is 0 Å². The van der Waals surface area contributed by atoms with Gasteiger partial charge in [0.15, 0.2) is 5.78 Å². The number of rotatable bonds is 18. The zero-order valence-electron chi connectivity index (χ0n) is 16.3. The Morgan fingerprint density at radius 2 is 1.12 bits per heavy atom. The van der Waals surface area contributed by atoms with Crippen LogP contribution in [0.15, 0.2) is 36.5 Å². The van der Waals surface area contributed by atoms with Crippen LogP contribution in [0.5, 0.6) is 0 Å². The van der Waals surface area contributed by atoms with Gasteiger partial charge >= 0.3 is 0 Å². The van der Waals surface area contributed by atoms with Crippen molar-refractivity contribution in [3.05, 3.63) is 36.5 Å². The van der Waals surface area contributed by atoms with E-state index in [0.717, 1.165) is 12.8 Å². The third-order valence-electron chi connectivity index (χ3n) is 4.25. The molecular weight excluding hydrogens is 308 g/mol. The summed E-state index contributed by atoms with van der Waals surface area (Å²) in [6.07, 6.45) is 29.2. The molecule has 0 atom stereocenters. The summed E-state index contributed by atoms with van der Waals surface area (Å²) < 4.78 is 0. The standard InChI is InChI=1S/C23H38O2/c1-2-3-4-5-6-7-8-9-10-11-12-13-14-15-16-17-18-20-23(25)21-19-22-24/h9-10,18-22H,2-8,11-17H2,1H3. The van der Waals surface area contributed by atoms with Gasteiger partial charge in [0, 0.05) is 0 Å². The van der Waals surface area contributed by atoms with Crippen molar-refractivity contribution >= 4 is 12.1 Å². The highest BCUT2D eigenvalue weighted by atomic mass is 16.1. The van der Waals surface area contributed by atoms with Crippen molar-refractivity contribution in [1.82, 2.24) is 0 Å². The van der Waals surface area contributed by atoms with Gasteiger partial charge < -0.3 is 0 Å². The van der Waals surface area contributed by atoms with Crippen LogP contribution in [-0.4, -0.2) is 12.1 Å². The summed E-state index contributed by atoms with van der Waals surface area (Å²) in [6.45, 7) is 2.26. The molecule has 0 bridgehead atoms. The summed E-state index contributed by atoms with van der Waals surface area (Å²) in [7, 11) is 0. The van der Waals surface area contributed by atoms with Crippen molar-refractivity contribution in [3.8, 4) is 0 Å². The van der Waals surface area contributed by atoms with E-state index in [1.165, 1.54) is 89.2 Å². The molecule has 0 aliphatic heterocycles. The summed E-state index contributed by atoms with van der Waals surface area (Å²) >= 11 is 0. The number of aldehydes is 1.